The van der Waals surface area contributed by atoms with E-state index in [-0.39, 0.29) is 0 Å². The summed E-state index contributed by atoms with van der Waals surface area (Å²) in [5, 5.41) is 7.31. The molecule has 11 rings (SSSR count). The molecule has 2 heteroatoms. The normalized spacial score (nSPS) is 11.8. The molecule has 0 saturated heterocycles. The van der Waals surface area contributed by atoms with E-state index in [1.165, 1.54) is 77.2 Å². The summed E-state index contributed by atoms with van der Waals surface area (Å²) in [5.41, 5.74) is 16.6. The van der Waals surface area contributed by atoms with Crippen molar-refractivity contribution in [3.63, 3.8) is 0 Å². The second-order valence-electron chi connectivity index (χ2n) is 13.7. The fraction of sp³-hybridized carbons (Fsp3) is 0. The van der Waals surface area contributed by atoms with Crippen LogP contribution in [0.15, 0.2) is 182 Å². The Morgan fingerprint density at radius 2 is 0.885 bits per heavy atom. The SMILES string of the molecule is c1ccc(-c2c3c(c(-c4ccccc4)c4ccccc24)-c2ccc(-c4cccc(-c5ccc6ccc7cccnc7c6n5)c4)c4cccc-3c24)cc1. The molecule has 2 heterocycles. The molecule has 0 amide bonds. The topological polar surface area (TPSA) is 25.8 Å². The Bertz CT molecular complexity index is 2960. The van der Waals surface area contributed by atoms with Crippen LogP contribution in [0.4, 0.5) is 0 Å². The van der Waals surface area contributed by atoms with Gasteiger partial charge in [-0.25, -0.2) is 4.98 Å². The number of aromatic nitrogens is 2. The Kier molecular flexibility index (Phi) is 6.28. The van der Waals surface area contributed by atoms with Crippen LogP contribution in [0.3, 0.4) is 0 Å². The van der Waals surface area contributed by atoms with Gasteiger partial charge in [0.15, 0.2) is 0 Å². The number of pyridine rings is 2. The average molecular weight is 659 g/mol. The van der Waals surface area contributed by atoms with Crippen LogP contribution in [0.5, 0.6) is 0 Å². The van der Waals surface area contributed by atoms with Crippen molar-refractivity contribution >= 4 is 43.4 Å². The number of rotatable bonds is 4. The quantitative estimate of drug-likeness (QED) is 0.176. The maximum absolute atomic E-state index is 5.18. The van der Waals surface area contributed by atoms with Gasteiger partial charge in [-0.15, -0.1) is 0 Å². The summed E-state index contributed by atoms with van der Waals surface area (Å²) in [4.78, 5) is 9.87. The third kappa shape index (κ3) is 4.25. The van der Waals surface area contributed by atoms with Gasteiger partial charge in [0, 0.05) is 22.5 Å². The molecule has 2 nitrogen and oxygen atoms in total. The predicted molar refractivity (Wildman–Crippen MR) is 218 cm³/mol. The minimum Gasteiger partial charge on any atom is -0.254 e. The maximum atomic E-state index is 5.18. The molecule has 0 N–H and O–H groups in total. The van der Waals surface area contributed by atoms with Gasteiger partial charge in [-0.2, -0.15) is 0 Å². The molecule has 0 unspecified atom stereocenters. The van der Waals surface area contributed by atoms with Crippen molar-refractivity contribution in [1.29, 1.82) is 0 Å². The molecule has 0 atom stereocenters. The van der Waals surface area contributed by atoms with Crippen molar-refractivity contribution in [2.75, 3.05) is 0 Å². The van der Waals surface area contributed by atoms with Crippen LogP contribution in [0.25, 0.3) is 110 Å². The Hall–Kier alpha value is -6.90. The molecule has 0 fully saturated rings. The van der Waals surface area contributed by atoms with E-state index in [4.69, 9.17) is 4.98 Å². The van der Waals surface area contributed by atoms with Gasteiger partial charge in [-0.05, 0) is 95.4 Å². The minimum atomic E-state index is 0.930. The van der Waals surface area contributed by atoms with E-state index in [9.17, 15) is 0 Å². The lowest BCUT2D eigenvalue weighted by atomic mass is 9.82. The minimum absolute atomic E-state index is 0.930. The Morgan fingerprint density at radius 3 is 1.62 bits per heavy atom. The first kappa shape index (κ1) is 28.9. The van der Waals surface area contributed by atoms with E-state index >= 15 is 0 Å². The molecule has 1 aliphatic rings. The first-order valence-electron chi connectivity index (χ1n) is 17.8. The highest BCUT2D eigenvalue weighted by Crippen LogP contribution is 2.58. The Labute approximate surface area is 301 Å². The second kappa shape index (κ2) is 11.3. The lowest BCUT2D eigenvalue weighted by Crippen LogP contribution is -1.93. The summed E-state index contributed by atoms with van der Waals surface area (Å²) in [6, 6.07) is 63.8. The number of benzene rings is 8. The van der Waals surface area contributed by atoms with Crippen molar-refractivity contribution in [3.05, 3.63) is 182 Å². The van der Waals surface area contributed by atoms with Crippen LogP contribution in [0.2, 0.25) is 0 Å². The van der Waals surface area contributed by atoms with E-state index in [2.05, 4.69) is 175 Å². The van der Waals surface area contributed by atoms with Gasteiger partial charge in [0.2, 0.25) is 0 Å². The molecule has 8 aromatic carbocycles. The first-order valence-corrected chi connectivity index (χ1v) is 17.8. The summed E-state index contributed by atoms with van der Waals surface area (Å²) in [6.07, 6.45) is 1.85. The summed E-state index contributed by atoms with van der Waals surface area (Å²) in [5.74, 6) is 0. The molecule has 1 aliphatic carbocycles. The zero-order valence-electron chi connectivity index (χ0n) is 28.2. The number of fused-ring (bicyclic) bond motifs is 7. The Morgan fingerprint density at radius 1 is 0.327 bits per heavy atom. The third-order valence-electron chi connectivity index (χ3n) is 10.8. The van der Waals surface area contributed by atoms with Gasteiger partial charge in [0.1, 0.15) is 0 Å². The van der Waals surface area contributed by atoms with Crippen LogP contribution >= 0.6 is 0 Å². The number of nitrogens with zero attached hydrogens (tertiary/aromatic N) is 2. The summed E-state index contributed by atoms with van der Waals surface area (Å²) < 4.78 is 0. The lowest BCUT2D eigenvalue weighted by Gasteiger charge is -2.20. The standard InChI is InChI=1S/C50H30N2/c1-3-12-31(13-4-1)44-39-19-7-8-20-40(39)45(32-14-5-2-6-15-32)48-42-27-26-37(38-21-10-22-41(46(38)42)47(44)48)35-16-9-17-36(30-35)43-28-25-34-24-23-33-18-11-29-51-49(33)50(34)52-43/h1-30H. The fourth-order valence-electron chi connectivity index (χ4n) is 8.59. The van der Waals surface area contributed by atoms with Gasteiger partial charge in [0.25, 0.3) is 0 Å². The second-order valence-corrected chi connectivity index (χ2v) is 13.7. The van der Waals surface area contributed by atoms with Gasteiger partial charge < -0.3 is 0 Å². The van der Waals surface area contributed by atoms with Crippen LogP contribution < -0.4 is 0 Å². The van der Waals surface area contributed by atoms with Gasteiger partial charge in [-0.1, -0.05) is 158 Å². The fourth-order valence-corrected chi connectivity index (χ4v) is 8.59. The average Bonchev–Trinajstić information content (AvgIpc) is 3.55. The van der Waals surface area contributed by atoms with E-state index in [1.54, 1.807) is 0 Å². The first-order chi connectivity index (χ1) is 25.8. The van der Waals surface area contributed by atoms with Crippen LogP contribution in [0.1, 0.15) is 0 Å². The largest absolute Gasteiger partial charge is 0.254 e. The van der Waals surface area contributed by atoms with Crippen molar-refractivity contribution in [2.45, 2.75) is 0 Å². The maximum Gasteiger partial charge on any atom is 0.0972 e. The van der Waals surface area contributed by atoms with Gasteiger partial charge in [0.05, 0.1) is 16.7 Å². The van der Waals surface area contributed by atoms with Crippen LogP contribution in [-0.2, 0) is 0 Å². The van der Waals surface area contributed by atoms with Crippen LogP contribution in [0, 0.1) is 0 Å². The zero-order valence-corrected chi connectivity index (χ0v) is 28.2. The molecule has 0 radical (unpaired) electrons. The highest BCUT2D eigenvalue weighted by molar-refractivity contribution is 6.28. The smallest absolute Gasteiger partial charge is 0.0972 e. The highest BCUT2D eigenvalue weighted by atomic mass is 14.7. The molecular formula is C50H30N2. The molecule has 0 bridgehead atoms. The van der Waals surface area contributed by atoms with Crippen molar-refractivity contribution in [2.24, 2.45) is 0 Å². The molecule has 240 valence electrons. The van der Waals surface area contributed by atoms with Gasteiger partial charge in [-0.3, -0.25) is 4.98 Å². The molecule has 10 aromatic rings. The van der Waals surface area contributed by atoms with E-state index < -0.39 is 0 Å². The third-order valence-corrected chi connectivity index (χ3v) is 10.8. The number of hydrogen-bond donors (Lipinski definition) is 0. The predicted octanol–water partition coefficient (Wildman–Crippen LogP) is 13.4. The number of hydrogen-bond acceptors (Lipinski definition) is 2. The van der Waals surface area contributed by atoms with Crippen LogP contribution in [-0.4, -0.2) is 9.97 Å². The molecule has 0 aliphatic heterocycles. The van der Waals surface area contributed by atoms with Crippen molar-refractivity contribution in [1.82, 2.24) is 9.97 Å². The monoisotopic (exact) mass is 658 g/mol. The molecule has 0 saturated carbocycles. The highest BCUT2D eigenvalue weighted by Gasteiger charge is 2.31. The summed E-state index contributed by atoms with van der Waals surface area (Å²) in [7, 11) is 0. The van der Waals surface area contributed by atoms with E-state index in [1.807, 2.05) is 12.3 Å². The van der Waals surface area contributed by atoms with Crippen molar-refractivity contribution in [3.8, 4) is 66.9 Å². The zero-order chi connectivity index (χ0) is 34.2. The van der Waals surface area contributed by atoms with Crippen molar-refractivity contribution < 1.29 is 0 Å². The Balaban J connectivity index is 1.16. The summed E-state index contributed by atoms with van der Waals surface area (Å²) >= 11 is 0. The molecule has 2 aromatic heterocycles. The van der Waals surface area contributed by atoms with E-state index in [0.29, 0.717) is 0 Å². The lowest BCUT2D eigenvalue weighted by molar-refractivity contribution is 1.37. The molecule has 0 spiro atoms. The van der Waals surface area contributed by atoms with E-state index in [0.717, 1.165) is 33.1 Å². The van der Waals surface area contributed by atoms with Gasteiger partial charge >= 0.3 is 0 Å². The molecule has 52 heavy (non-hydrogen) atoms. The summed E-state index contributed by atoms with van der Waals surface area (Å²) in [6.45, 7) is 0. The molecular weight excluding hydrogens is 629 g/mol.